The van der Waals surface area contributed by atoms with Gasteiger partial charge in [0.1, 0.15) is 11.5 Å². The van der Waals surface area contributed by atoms with Gasteiger partial charge in [-0.3, -0.25) is 4.72 Å². The molecule has 0 saturated carbocycles. The van der Waals surface area contributed by atoms with Gasteiger partial charge in [0, 0.05) is 6.07 Å². The molecule has 0 amide bonds. The molecule has 0 heterocycles. The van der Waals surface area contributed by atoms with Crippen molar-refractivity contribution in [1.82, 2.24) is 0 Å². The summed E-state index contributed by atoms with van der Waals surface area (Å²) in [7, 11) is -3.89. The maximum Gasteiger partial charge on any atom is 0.235 e. The quantitative estimate of drug-likeness (QED) is 0.869. The number of benzene rings is 1. The first-order valence-corrected chi connectivity index (χ1v) is 6.14. The van der Waals surface area contributed by atoms with Gasteiger partial charge < -0.3 is 5.11 Å². The highest BCUT2D eigenvalue weighted by molar-refractivity contribution is 7.92. The molecule has 0 aliphatic heterocycles. The lowest BCUT2D eigenvalue weighted by Crippen LogP contribution is -2.19. The van der Waals surface area contributed by atoms with Gasteiger partial charge in [-0.05, 0) is 6.07 Å². The van der Waals surface area contributed by atoms with Crippen LogP contribution in [-0.4, -0.2) is 25.9 Å². The van der Waals surface area contributed by atoms with Crippen molar-refractivity contribution in [2.75, 3.05) is 17.1 Å². The second-order valence-electron chi connectivity index (χ2n) is 2.89. The van der Waals surface area contributed by atoms with Crippen LogP contribution in [0.4, 0.5) is 14.5 Å². The van der Waals surface area contributed by atoms with Crippen LogP contribution >= 0.6 is 11.6 Å². The van der Waals surface area contributed by atoms with Crippen molar-refractivity contribution >= 4 is 27.3 Å². The molecular weight excluding hydrogens is 264 g/mol. The Morgan fingerprint density at radius 3 is 2.50 bits per heavy atom. The molecule has 1 rings (SSSR count). The Hall–Kier alpha value is -0.920. The molecule has 0 radical (unpaired) electrons. The maximum absolute atomic E-state index is 13.2. The van der Waals surface area contributed by atoms with E-state index in [1.54, 1.807) is 0 Å². The number of nitrogens with one attached hydrogen (secondary N) is 1. The van der Waals surface area contributed by atoms with E-state index < -0.39 is 39.7 Å². The minimum Gasteiger partial charge on any atom is -0.395 e. The summed E-state index contributed by atoms with van der Waals surface area (Å²) >= 11 is 5.47. The molecule has 0 aliphatic carbocycles. The molecular formula is C8H8ClF2NO3S. The van der Waals surface area contributed by atoms with Crippen LogP contribution in [-0.2, 0) is 10.0 Å². The van der Waals surface area contributed by atoms with Gasteiger partial charge in [-0.2, -0.15) is 0 Å². The van der Waals surface area contributed by atoms with Gasteiger partial charge in [-0.1, -0.05) is 11.6 Å². The molecule has 1 aromatic rings. The van der Waals surface area contributed by atoms with E-state index in [1.807, 2.05) is 4.72 Å². The molecule has 1 aromatic carbocycles. The molecule has 2 N–H and O–H groups in total. The van der Waals surface area contributed by atoms with Crippen molar-refractivity contribution in [1.29, 1.82) is 0 Å². The van der Waals surface area contributed by atoms with E-state index in [4.69, 9.17) is 16.7 Å². The monoisotopic (exact) mass is 271 g/mol. The third-order valence-corrected chi connectivity index (χ3v) is 3.16. The van der Waals surface area contributed by atoms with Crippen LogP contribution in [0.1, 0.15) is 0 Å². The standard InChI is InChI=1S/C8H8ClF2NO3S/c9-6-3-5(10)4-7(11)8(6)12-16(14,15)2-1-13/h3-4,12-13H,1-2H2. The average Bonchev–Trinajstić information content (AvgIpc) is 2.11. The number of halogens is 3. The molecule has 0 atom stereocenters. The summed E-state index contributed by atoms with van der Waals surface area (Å²) in [6, 6.07) is 1.28. The average molecular weight is 272 g/mol. The van der Waals surface area contributed by atoms with Crippen molar-refractivity contribution in [2.45, 2.75) is 0 Å². The summed E-state index contributed by atoms with van der Waals surface area (Å²) in [5.74, 6) is -2.63. The molecule has 0 unspecified atom stereocenters. The second kappa shape index (κ2) is 4.94. The predicted octanol–water partition coefficient (Wildman–Crippen LogP) is 1.35. The molecule has 90 valence electrons. The second-order valence-corrected chi connectivity index (χ2v) is 5.14. The van der Waals surface area contributed by atoms with E-state index in [1.165, 1.54) is 0 Å². The van der Waals surface area contributed by atoms with Gasteiger partial charge >= 0.3 is 0 Å². The lowest BCUT2D eigenvalue weighted by atomic mass is 10.3. The fourth-order valence-corrected chi connectivity index (χ4v) is 2.13. The van der Waals surface area contributed by atoms with Crippen LogP contribution in [0.2, 0.25) is 5.02 Å². The van der Waals surface area contributed by atoms with E-state index in [2.05, 4.69) is 0 Å². The first-order chi connectivity index (χ1) is 7.35. The van der Waals surface area contributed by atoms with Crippen LogP contribution < -0.4 is 4.72 Å². The Balaban J connectivity index is 3.07. The lowest BCUT2D eigenvalue weighted by Gasteiger charge is -2.09. The van der Waals surface area contributed by atoms with Crippen molar-refractivity contribution < 1.29 is 22.3 Å². The zero-order chi connectivity index (χ0) is 12.3. The molecule has 16 heavy (non-hydrogen) atoms. The Morgan fingerprint density at radius 1 is 1.38 bits per heavy atom. The SMILES string of the molecule is O=S(=O)(CCO)Nc1c(F)cc(F)cc1Cl. The summed E-state index contributed by atoms with van der Waals surface area (Å²) in [4.78, 5) is 0. The summed E-state index contributed by atoms with van der Waals surface area (Å²) in [6.45, 7) is -0.615. The predicted molar refractivity (Wildman–Crippen MR) is 55.9 cm³/mol. The summed E-state index contributed by atoms with van der Waals surface area (Å²) in [5.41, 5.74) is -0.531. The van der Waals surface area contributed by atoms with Crippen molar-refractivity contribution in [3.63, 3.8) is 0 Å². The van der Waals surface area contributed by atoms with E-state index in [0.29, 0.717) is 6.07 Å². The van der Waals surface area contributed by atoms with Gasteiger partial charge in [-0.15, -0.1) is 0 Å². The van der Waals surface area contributed by atoms with Crippen LogP contribution in [0.5, 0.6) is 0 Å². The summed E-state index contributed by atoms with van der Waals surface area (Å²) < 4.78 is 50.0. The number of rotatable bonds is 4. The summed E-state index contributed by atoms with van der Waals surface area (Å²) in [5, 5.41) is 8.07. The largest absolute Gasteiger partial charge is 0.395 e. The van der Waals surface area contributed by atoms with Gasteiger partial charge in [0.15, 0.2) is 5.82 Å². The van der Waals surface area contributed by atoms with E-state index in [0.717, 1.165) is 6.07 Å². The highest BCUT2D eigenvalue weighted by Gasteiger charge is 2.16. The van der Waals surface area contributed by atoms with Gasteiger partial charge in [-0.25, -0.2) is 17.2 Å². The molecule has 0 bridgehead atoms. The Labute approximate surface area is 95.9 Å². The van der Waals surface area contributed by atoms with Crippen molar-refractivity contribution in [3.05, 3.63) is 28.8 Å². The number of aliphatic hydroxyl groups excluding tert-OH is 1. The molecule has 0 fully saturated rings. The molecule has 0 aromatic heterocycles. The van der Waals surface area contributed by atoms with Gasteiger partial charge in [0.25, 0.3) is 0 Å². The third-order valence-electron chi connectivity index (χ3n) is 1.62. The highest BCUT2D eigenvalue weighted by atomic mass is 35.5. The van der Waals surface area contributed by atoms with Crippen LogP contribution in [0.3, 0.4) is 0 Å². The lowest BCUT2D eigenvalue weighted by molar-refractivity contribution is 0.320. The minimum atomic E-state index is -3.89. The first-order valence-electron chi connectivity index (χ1n) is 4.11. The smallest absolute Gasteiger partial charge is 0.235 e. The Morgan fingerprint density at radius 2 is 2.00 bits per heavy atom. The fraction of sp³-hybridized carbons (Fsp3) is 0.250. The normalized spacial score (nSPS) is 11.5. The zero-order valence-electron chi connectivity index (χ0n) is 7.87. The molecule has 0 spiro atoms. The third kappa shape index (κ3) is 3.29. The first kappa shape index (κ1) is 13.1. The van der Waals surface area contributed by atoms with Crippen LogP contribution in [0.25, 0.3) is 0 Å². The van der Waals surface area contributed by atoms with Crippen molar-refractivity contribution in [2.24, 2.45) is 0 Å². The highest BCUT2D eigenvalue weighted by Crippen LogP contribution is 2.27. The fourth-order valence-electron chi connectivity index (χ4n) is 0.966. The van der Waals surface area contributed by atoms with E-state index in [9.17, 15) is 17.2 Å². The number of aliphatic hydroxyl groups is 1. The number of sulfonamides is 1. The Bertz CT molecular complexity index is 469. The van der Waals surface area contributed by atoms with E-state index >= 15 is 0 Å². The van der Waals surface area contributed by atoms with E-state index in [-0.39, 0.29) is 5.02 Å². The topological polar surface area (TPSA) is 66.4 Å². The number of anilines is 1. The van der Waals surface area contributed by atoms with Gasteiger partial charge in [0.2, 0.25) is 10.0 Å². The molecule has 4 nitrogen and oxygen atoms in total. The Kier molecular flexibility index (Phi) is 4.06. The van der Waals surface area contributed by atoms with Crippen LogP contribution in [0, 0.1) is 11.6 Å². The molecule has 0 aliphatic rings. The minimum absolute atomic E-state index is 0.390. The summed E-state index contributed by atoms with van der Waals surface area (Å²) in [6.07, 6.45) is 0. The number of hydrogen-bond acceptors (Lipinski definition) is 3. The van der Waals surface area contributed by atoms with Crippen molar-refractivity contribution in [3.8, 4) is 0 Å². The van der Waals surface area contributed by atoms with Crippen LogP contribution in [0.15, 0.2) is 12.1 Å². The molecule has 0 saturated heterocycles. The maximum atomic E-state index is 13.2. The zero-order valence-corrected chi connectivity index (χ0v) is 9.45. The number of hydrogen-bond donors (Lipinski definition) is 2. The van der Waals surface area contributed by atoms with Gasteiger partial charge in [0.05, 0.1) is 17.4 Å². The molecule has 8 heteroatoms.